The number of hydrogen-bond acceptors (Lipinski definition) is 4. The predicted octanol–water partition coefficient (Wildman–Crippen LogP) is -0.396. The third-order valence-electron chi connectivity index (χ3n) is 2.33. The first-order chi connectivity index (χ1) is 10.00. The van der Waals surface area contributed by atoms with E-state index in [-0.39, 0.29) is 19.6 Å². The van der Waals surface area contributed by atoms with Crippen LogP contribution >= 0.6 is 0 Å². The molecule has 2 amide bonds. The Morgan fingerprint density at radius 1 is 0.909 bits per heavy atom. The highest BCUT2D eigenvalue weighted by Crippen LogP contribution is 2.18. The van der Waals surface area contributed by atoms with Crippen molar-refractivity contribution in [1.29, 1.82) is 0 Å². The molecule has 6 nitrogen and oxygen atoms in total. The zero-order valence-corrected chi connectivity index (χ0v) is 11.4. The van der Waals surface area contributed by atoms with Gasteiger partial charge >= 0.3 is 24.2 Å². The first-order valence-corrected chi connectivity index (χ1v) is 6.12. The summed E-state index contributed by atoms with van der Waals surface area (Å²) < 4.78 is 72.8. The van der Waals surface area contributed by atoms with Crippen LogP contribution in [-0.2, 0) is 9.59 Å². The molecule has 0 aromatic rings. The molecule has 0 spiro atoms. The van der Waals surface area contributed by atoms with Gasteiger partial charge in [-0.3, -0.25) is 9.59 Å². The van der Waals surface area contributed by atoms with Gasteiger partial charge in [-0.1, -0.05) is 0 Å². The summed E-state index contributed by atoms with van der Waals surface area (Å²) in [7, 11) is 0. The van der Waals surface area contributed by atoms with Gasteiger partial charge in [-0.15, -0.1) is 0 Å². The van der Waals surface area contributed by atoms with E-state index < -0.39 is 37.3 Å². The number of rotatable bonds is 8. The molecule has 0 fully saturated rings. The van der Waals surface area contributed by atoms with E-state index >= 15 is 0 Å². The number of amides is 2. The minimum atomic E-state index is -5.15. The molecule has 12 heteroatoms. The minimum Gasteiger partial charge on any atom is -0.346 e. The first-order valence-electron chi connectivity index (χ1n) is 6.12. The van der Waals surface area contributed by atoms with E-state index in [9.17, 15) is 35.9 Å². The normalized spacial score (nSPS) is 12.1. The molecule has 0 rings (SSSR count). The van der Waals surface area contributed by atoms with Crippen molar-refractivity contribution in [3.05, 3.63) is 0 Å². The van der Waals surface area contributed by atoms with E-state index in [4.69, 9.17) is 5.73 Å². The molecule has 0 unspecified atom stereocenters. The van der Waals surface area contributed by atoms with Crippen molar-refractivity contribution in [2.45, 2.75) is 12.4 Å². The van der Waals surface area contributed by atoms with Gasteiger partial charge in [0.1, 0.15) is 0 Å². The molecule has 0 heterocycles. The second kappa shape index (κ2) is 8.78. The molecule has 0 atom stereocenters. The summed E-state index contributed by atoms with van der Waals surface area (Å²) in [6, 6.07) is 0. The van der Waals surface area contributed by atoms with Crippen LogP contribution in [0.25, 0.3) is 0 Å². The Morgan fingerprint density at radius 3 is 1.91 bits per heavy atom. The van der Waals surface area contributed by atoms with Crippen molar-refractivity contribution >= 4 is 11.8 Å². The van der Waals surface area contributed by atoms with Crippen LogP contribution in [0.4, 0.5) is 26.3 Å². The standard InChI is InChI=1S/C10H16F6N4O2/c11-9(12,13)7(21)19-4-6-20(5-3-18-2-1-17)8(22)10(14,15)16/h18H,1-6,17H2,(H,19,21). The highest BCUT2D eigenvalue weighted by Gasteiger charge is 2.42. The van der Waals surface area contributed by atoms with Gasteiger partial charge in [-0.05, 0) is 0 Å². The number of carbonyl (C=O) groups excluding carboxylic acids is 2. The van der Waals surface area contributed by atoms with Crippen LogP contribution in [0, 0.1) is 0 Å². The maximum Gasteiger partial charge on any atom is 0.471 e. The van der Waals surface area contributed by atoms with Crippen LogP contribution in [-0.4, -0.2) is 68.3 Å². The number of nitrogens with zero attached hydrogens (tertiary/aromatic N) is 1. The second-order valence-electron chi connectivity index (χ2n) is 4.08. The fraction of sp³-hybridized carbons (Fsp3) is 0.800. The van der Waals surface area contributed by atoms with E-state index in [0.29, 0.717) is 11.4 Å². The van der Waals surface area contributed by atoms with Gasteiger partial charge in [0.05, 0.1) is 0 Å². The molecule has 0 radical (unpaired) electrons. The van der Waals surface area contributed by atoms with E-state index in [1.165, 1.54) is 5.32 Å². The topological polar surface area (TPSA) is 87.5 Å². The molecule has 0 aliphatic carbocycles. The van der Waals surface area contributed by atoms with E-state index in [1.807, 2.05) is 0 Å². The third kappa shape index (κ3) is 8.02. The molecule has 130 valence electrons. The Morgan fingerprint density at radius 2 is 1.45 bits per heavy atom. The monoisotopic (exact) mass is 338 g/mol. The SMILES string of the molecule is NCCNCCN(CCNC(=O)C(F)(F)F)C(=O)C(F)(F)F. The van der Waals surface area contributed by atoms with Crippen molar-refractivity contribution in [1.82, 2.24) is 15.5 Å². The third-order valence-corrected chi connectivity index (χ3v) is 2.33. The molecule has 0 saturated carbocycles. The lowest BCUT2D eigenvalue weighted by molar-refractivity contribution is -0.185. The molecule has 0 aliphatic rings. The maximum absolute atomic E-state index is 12.4. The summed E-state index contributed by atoms with van der Waals surface area (Å²) in [5.74, 6) is -4.48. The van der Waals surface area contributed by atoms with Crippen molar-refractivity contribution in [3.63, 3.8) is 0 Å². The van der Waals surface area contributed by atoms with Gasteiger partial charge in [0, 0.05) is 39.3 Å². The van der Waals surface area contributed by atoms with Crippen molar-refractivity contribution in [2.75, 3.05) is 39.3 Å². The Hall–Kier alpha value is -1.56. The van der Waals surface area contributed by atoms with Crippen molar-refractivity contribution in [3.8, 4) is 0 Å². The summed E-state index contributed by atoms with van der Waals surface area (Å²) in [5, 5.41) is 4.04. The molecule has 0 aromatic carbocycles. The summed E-state index contributed by atoms with van der Waals surface area (Å²) in [6.45, 7) is -1.33. The number of hydrogen-bond donors (Lipinski definition) is 3. The fourth-order valence-electron chi connectivity index (χ4n) is 1.34. The second-order valence-corrected chi connectivity index (χ2v) is 4.08. The van der Waals surface area contributed by atoms with E-state index in [1.54, 1.807) is 0 Å². The minimum absolute atomic E-state index is 0.0216. The molecule has 0 aliphatic heterocycles. The number of halogens is 6. The van der Waals surface area contributed by atoms with Crippen LogP contribution in [0.2, 0.25) is 0 Å². The fourth-order valence-corrected chi connectivity index (χ4v) is 1.34. The van der Waals surface area contributed by atoms with Gasteiger partial charge in [0.15, 0.2) is 0 Å². The summed E-state index contributed by atoms with van der Waals surface area (Å²) in [5.41, 5.74) is 5.15. The quantitative estimate of drug-likeness (QED) is 0.415. The molecule has 0 bridgehead atoms. The van der Waals surface area contributed by atoms with E-state index in [0.717, 1.165) is 0 Å². The Labute approximate surface area is 122 Å². The summed E-state index contributed by atoms with van der Waals surface area (Å²) in [6.07, 6.45) is -10.3. The van der Waals surface area contributed by atoms with Gasteiger partial charge in [-0.25, -0.2) is 0 Å². The summed E-state index contributed by atoms with van der Waals surface area (Å²) >= 11 is 0. The largest absolute Gasteiger partial charge is 0.471 e. The Bertz CT molecular complexity index is 371. The van der Waals surface area contributed by atoms with Crippen LogP contribution in [0.3, 0.4) is 0 Å². The lowest BCUT2D eigenvalue weighted by Crippen LogP contribution is -2.48. The first kappa shape index (κ1) is 20.4. The maximum atomic E-state index is 12.4. The highest BCUT2D eigenvalue weighted by atomic mass is 19.4. The number of nitrogens with two attached hydrogens (primary N) is 1. The Balaban J connectivity index is 4.47. The molecule has 22 heavy (non-hydrogen) atoms. The molecule has 4 N–H and O–H groups in total. The van der Waals surface area contributed by atoms with Gasteiger partial charge in [0.25, 0.3) is 0 Å². The zero-order valence-electron chi connectivity index (χ0n) is 11.4. The van der Waals surface area contributed by atoms with Crippen molar-refractivity contribution < 1.29 is 35.9 Å². The number of carbonyl (C=O) groups is 2. The number of alkyl halides is 6. The van der Waals surface area contributed by atoms with Crippen LogP contribution < -0.4 is 16.4 Å². The van der Waals surface area contributed by atoms with Gasteiger partial charge < -0.3 is 21.3 Å². The van der Waals surface area contributed by atoms with Crippen LogP contribution in [0.15, 0.2) is 0 Å². The lowest BCUT2D eigenvalue weighted by Gasteiger charge is -2.24. The molecular weight excluding hydrogens is 322 g/mol. The zero-order chi connectivity index (χ0) is 17.4. The smallest absolute Gasteiger partial charge is 0.346 e. The Kier molecular flexibility index (Phi) is 8.16. The number of nitrogens with one attached hydrogen (secondary N) is 2. The highest BCUT2D eigenvalue weighted by molar-refractivity contribution is 5.82. The molecular formula is C10H16F6N4O2. The van der Waals surface area contributed by atoms with Crippen LogP contribution in [0.1, 0.15) is 0 Å². The van der Waals surface area contributed by atoms with Gasteiger partial charge in [0.2, 0.25) is 0 Å². The predicted molar refractivity (Wildman–Crippen MR) is 63.6 cm³/mol. The average molecular weight is 338 g/mol. The summed E-state index contributed by atoms with van der Waals surface area (Å²) in [4.78, 5) is 21.9. The average Bonchev–Trinajstić information content (AvgIpc) is 2.38. The lowest BCUT2D eigenvalue weighted by atomic mass is 10.4. The molecule has 0 saturated heterocycles. The molecule has 0 aromatic heterocycles. The van der Waals surface area contributed by atoms with Crippen molar-refractivity contribution in [2.24, 2.45) is 5.73 Å². The van der Waals surface area contributed by atoms with Gasteiger partial charge in [-0.2, -0.15) is 26.3 Å². The van der Waals surface area contributed by atoms with E-state index in [2.05, 4.69) is 5.32 Å². The van der Waals surface area contributed by atoms with Crippen LogP contribution in [0.5, 0.6) is 0 Å².